The number of hydrogen-bond donors (Lipinski definition) is 2. The van der Waals surface area contributed by atoms with Gasteiger partial charge in [-0.25, -0.2) is 0 Å². The summed E-state index contributed by atoms with van der Waals surface area (Å²) in [6.07, 6.45) is 0. The predicted molar refractivity (Wildman–Crippen MR) is 106 cm³/mol. The van der Waals surface area contributed by atoms with Gasteiger partial charge in [-0.15, -0.1) is 0 Å². The molecule has 0 saturated heterocycles. The van der Waals surface area contributed by atoms with Crippen LogP contribution in [0.1, 0.15) is 17.3 Å². The molecular formula is C21H22N2O5. The van der Waals surface area contributed by atoms with E-state index in [4.69, 9.17) is 14.2 Å². The SMILES string of the molecule is COc1ccc(C(=O)NCC#CCOc2cccc(NC(C)=O)c2)cc1OC. The van der Waals surface area contributed by atoms with Gasteiger partial charge in [0, 0.05) is 24.2 Å². The number of methoxy groups -OCH3 is 2. The van der Waals surface area contributed by atoms with Crippen LogP contribution in [0.5, 0.6) is 17.2 Å². The molecule has 0 aliphatic rings. The van der Waals surface area contributed by atoms with E-state index in [9.17, 15) is 9.59 Å². The Labute approximate surface area is 164 Å². The van der Waals surface area contributed by atoms with Gasteiger partial charge in [-0.2, -0.15) is 0 Å². The molecule has 0 fully saturated rings. The molecule has 0 radical (unpaired) electrons. The highest BCUT2D eigenvalue weighted by Crippen LogP contribution is 2.27. The monoisotopic (exact) mass is 382 g/mol. The van der Waals surface area contributed by atoms with Crippen LogP contribution in [0, 0.1) is 11.8 Å². The molecule has 2 amide bonds. The molecule has 7 heteroatoms. The Bertz CT molecular complexity index is 899. The fraction of sp³-hybridized carbons (Fsp3) is 0.238. The molecule has 0 unspecified atom stereocenters. The number of carbonyl (C=O) groups is 2. The first-order valence-electron chi connectivity index (χ1n) is 8.50. The fourth-order valence-electron chi connectivity index (χ4n) is 2.30. The third-order valence-corrected chi connectivity index (χ3v) is 3.57. The zero-order chi connectivity index (χ0) is 20.4. The molecule has 146 valence electrons. The van der Waals surface area contributed by atoms with Gasteiger partial charge in [-0.3, -0.25) is 9.59 Å². The maximum atomic E-state index is 12.2. The van der Waals surface area contributed by atoms with Crippen molar-refractivity contribution in [1.82, 2.24) is 5.32 Å². The van der Waals surface area contributed by atoms with Crippen LogP contribution < -0.4 is 24.8 Å². The van der Waals surface area contributed by atoms with Crippen molar-refractivity contribution >= 4 is 17.5 Å². The van der Waals surface area contributed by atoms with Gasteiger partial charge in [0.15, 0.2) is 11.5 Å². The Balaban J connectivity index is 1.81. The van der Waals surface area contributed by atoms with Crippen LogP contribution in [-0.4, -0.2) is 39.2 Å². The number of hydrogen-bond acceptors (Lipinski definition) is 5. The van der Waals surface area contributed by atoms with Crippen molar-refractivity contribution in [3.05, 3.63) is 48.0 Å². The predicted octanol–water partition coefficient (Wildman–Crippen LogP) is 2.47. The molecule has 28 heavy (non-hydrogen) atoms. The third kappa shape index (κ3) is 6.25. The van der Waals surface area contributed by atoms with Gasteiger partial charge in [0.1, 0.15) is 12.4 Å². The largest absolute Gasteiger partial charge is 0.493 e. The third-order valence-electron chi connectivity index (χ3n) is 3.57. The lowest BCUT2D eigenvalue weighted by molar-refractivity contribution is -0.114. The average molecular weight is 382 g/mol. The highest BCUT2D eigenvalue weighted by molar-refractivity contribution is 5.95. The zero-order valence-corrected chi connectivity index (χ0v) is 16.0. The summed E-state index contributed by atoms with van der Waals surface area (Å²) in [5, 5.41) is 5.39. The standard InChI is InChI=1S/C21H22N2O5/c1-15(24)23-17-7-6-8-18(14-17)28-12-5-4-11-22-21(25)16-9-10-19(26-2)20(13-16)27-3/h6-10,13-14H,11-12H2,1-3H3,(H,22,25)(H,23,24). The molecule has 2 rings (SSSR count). The van der Waals surface area contributed by atoms with Crippen molar-refractivity contribution in [2.75, 3.05) is 32.7 Å². The molecule has 2 aromatic rings. The van der Waals surface area contributed by atoms with Gasteiger partial charge >= 0.3 is 0 Å². The summed E-state index contributed by atoms with van der Waals surface area (Å²) in [6, 6.07) is 11.9. The minimum Gasteiger partial charge on any atom is -0.493 e. The van der Waals surface area contributed by atoms with Gasteiger partial charge in [0.05, 0.1) is 20.8 Å². The average Bonchev–Trinajstić information content (AvgIpc) is 2.69. The lowest BCUT2D eigenvalue weighted by Crippen LogP contribution is -2.23. The van der Waals surface area contributed by atoms with E-state index in [2.05, 4.69) is 22.5 Å². The van der Waals surface area contributed by atoms with Crippen molar-refractivity contribution in [2.24, 2.45) is 0 Å². The number of nitrogens with one attached hydrogen (secondary N) is 2. The smallest absolute Gasteiger partial charge is 0.252 e. The molecule has 2 N–H and O–H groups in total. The number of rotatable bonds is 7. The van der Waals surface area contributed by atoms with Crippen LogP contribution in [0.15, 0.2) is 42.5 Å². The number of ether oxygens (including phenoxy) is 3. The molecule has 7 nitrogen and oxygen atoms in total. The van der Waals surface area contributed by atoms with Gasteiger partial charge in [-0.1, -0.05) is 17.9 Å². The van der Waals surface area contributed by atoms with E-state index in [-0.39, 0.29) is 25.0 Å². The summed E-state index contributed by atoms with van der Waals surface area (Å²) in [7, 11) is 3.04. The second kappa shape index (κ2) is 10.5. The molecule has 0 saturated carbocycles. The maximum absolute atomic E-state index is 12.2. The molecule has 2 aromatic carbocycles. The van der Waals surface area contributed by atoms with E-state index >= 15 is 0 Å². The van der Waals surface area contributed by atoms with Crippen molar-refractivity contribution in [3.8, 4) is 29.1 Å². The maximum Gasteiger partial charge on any atom is 0.252 e. The van der Waals surface area contributed by atoms with E-state index < -0.39 is 0 Å². The Morgan fingerprint density at radius 1 is 1.00 bits per heavy atom. The normalized spacial score (nSPS) is 9.54. The first kappa shape index (κ1) is 20.6. The van der Waals surface area contributed by atoms with Crippen molar-refractivity contribution in [2.45, 2.75) is 6.92 Å². The summed E-state index contributed by atoms with van der Waals surface area (Å²) in [6.45, 7) is 1.79. The number of carbonyl (C=O) groups excluding carboxylic acids is 2. The van der Waals surface area contributed by atoms with Crippen LogP contribution in [0.2, 0.25) is 0 Å². The van der Waals surface area contributed by atoms with E-state index in [1.807, 2.05) is 0 Å². The highest BCUT2D eigenvalue weighted by Gasteiger charge is 2.09. The van der Waals surface area contributed by atoms with E-state index in [0.717, 1.165) is 0 Å². The van der Waals surface area contributed by atoms with Gasteiger partial charge in [0.2, 0.25) is 5.91 Å². The molecule has 0 aromatic heterocycles. The Kier molecular flexibility index (Phi) is 7.73. The molecular weight excluding hydrogens is 360 g/mol. The van der Waals surface area contributed by atoms with E-state index in [0.29, 0.717) is 28.5 Å². The summed E-state index contributed by atoms with van der Waals surface area (Å²) >= 11 is 0. The minimum absolute atomic E-state index is 0.151. The van der Waals surface area contributed by atoms with E-state index in [1.54, 1.807) is 42.5 Å². The summed E-state index contributed by atoms with van der Waals surface area (Å²) < 4.78 is 15.8. The Hall–Kier alpha value is -3.66. The fourth-order valence-corrected chi connectivity index (χ4v) is 2.30. The summed E-state index contributed by atoms with van der Waals surface area (Å²) in [5.74, 6) is 6.86. The topological polar surface area (TPSA) is 85.9 Å². The van der Waals surface area contributed by atoms with Crippen LogP contribution in [0.25, 0.3) is 0 Å². The molecule has 0 spiro atoms. The molecule has 0 aliphatic heterocycles. The molecule has 0 heterocycles. The van der Waals surface area contributed by atoms with Crippen LogP contribution in [-0.2, 0) is 4.79 Å². The highest BCUT2D eigenvalue weighted by atomic mass is 16.5. The molecule has 0 bridgehead atoms. The van der Waals surface area contributed by atoms with Crippen LogP contribution >= 0.6 is 0 Å². The van der Waals surface area contributed by atoms with Gasteiger partial charge in [0.25, 0.3) is 5.91 Å². The van der Waals surface area contributed by atoms with E-state index in [1.165, 1.54) is 21.1 Å². The summed E-state index contributed by atoms with van der Waals surface area (Å²) in [5.41, 5.74) is 1.10. The van der Waals surface area contributed by atoms with Gasteiger partial charge < -0.3 is 24.8 Å². The van der Waals surface area contributed by atoms with Crippen molar-refractivity contribution in [1.29, 1.82) is 0 Å². The quantitative estimate of drug-likeness (QED) is 0.719. The number of amides is 2. The number of benzene rings is 2. The lowest BCUT2D eigenvalue weighted by atomic mass is 10.2. The molecule has 0 aliphatic carbocycles. The van der Waals surface area contributed by atoms with Gasteiger partial charge in [-0.05, 0) is 30.3 Å². The van der Waals surface area contributed by atoms with Crippen molar-refractivity contribution < 1.29 is 23.8 Å². The number of anilines is 1. The lowest BCUT2D eigenvalue weighted by Gasteiger charge is -2.09. The second-order valence-electron chi connectivity index (χ2n) is 5.60. The Morgan fingerprint density at radius 2 is 1.79 bits per heavy atom. The zero-order valence-electron chi connectivity index (χ0n) is 16.0. The Morgan fingerprint density at radius 3 is 2.50 bits per heavy atom. The second-order valence-corrected chi connectivity index (χ2v) is 5.60. The first-order chi connectivity index (χ1) is 13.5. The first-order valence-corrected chi connectivity index (χ1v) is 8.50. The molecule has 0 atom stereocenters. The minimum atomic E-state index is -0.265. The summed E-state index contributed by atoms with van der Waals surface area (Å²) in [4.78, 5) is 23.2. The van der Waals surface area contributed by atoms with Crippen LogP contribution in [0.4, 0.5) is 5.69 Å². The van der Waals surface area contributed by atoms with Crippen LogP contribution in [0.3, 0.4) is 0 Å². The van der Waals surface area contributed by atoms with Crippen molar-refractivity contribution in [3.63, 3.8) is 0 Å².